The first-order valence-corrected chi connectivity index (χ1v) is 7.72. The maximum absolute atomic E-state index is 12.0. The summed E-state index contributed by atoms with van der Waals surface area (Å²) >= 11 is 6.15. The number of aryl methyl sites for hydroxylation is 1. The number of nitrogens with zero attached hydrogens (tertiary/aromatic N) is 3. The minimum Gasteiger partial charge on any atom is -0.460 e. The minimum absolute atomic E-state index is 0.0947. The molecule has 1 N–H and O–H groups in total. The van der Waals surface area contributed by atoms with Crippen molar-refractivity contribution in [2.75, 3.05) is 11.9 Å². The molecule has 0 aliphatic heterocycles. The van der Waals surface area contributed by atoms with Crippen molar-refractivity contribution >= 4 is 40.2 Å². The quantitative estimate of drug-likeness (QED) is 0.718. The minimum atomic E-state index is -0.626. The van der Waals surface area contributed by atoms with Crippen molar-refractivity contribution < 1.29 is 14.1 Å². The van der Waals surface area contributed by atoms with Gasteiger partial charge in [-0.1, -0.05) is 22.8 Å². The normalized spacial score (nSPS) is 10.8. The van der Waals surface area contributed by atoms with E-state index in [0.29, 0.717) is 21.9 Å². The molecular weight excluding hydrogens is 332 g/mol. The number of esters is 1. The summed E-state index contributed by atoms with van der Waals surface area (Å²) in [6.07, 6.45) is 0. The van der Waals surface area contributed by atoms with Crippen LogP contribution in [-0.2, 0) is 4.74 Å². The lowest BCUT2D eigenvalue weighted by Crippen LogP contribution is -2.11. The molecule has 124 valence electrons. The molecule has 3 rings (SSSR count). The Kier molecular flexibility index (Phi) is 4.35. The molecule has 2 heterocycles. The number of anilines is 2. The SMILES string of the molecule is CCOC(=O)c1nc(Nc2cccc(Cl)c2C)c2c(C)noc2n1. The summed E-state index contributed by atoms with van der Waals surface area (Å²) in [7, 11) is 0. The Hall–Kier alpha value is -2.67. The van der Waals surface area contributed by atoms with Gasteiger partial charge in [-0.05, 0) is 38.5 Å². The summed E-state index contributed by atoms with van der Waals surface area (Å²) < 4.78 is 10.1. The molecule has 3 aromatic rings. The van der Waals surface area contributed by atoms with E-state index < -0.39 is 5.97 Å². The molecule has 0 atom stereocenters. The van der Waals surface area contributed by atoms with Crippen LogP contribution in [0.1, 0.15) is 28.8 Å². The number of carbonyl (C=O) groups is 1. The lowest BCUT2D eigenvalue weighted by Gasteiger charge is -2.11. The van der Waals surface area contributed by atoms with E-state index in [1.165, 1.54) is 0 Å². The van der Waals surface area contributed by atoms with E-state index in [4.69, 9.17) is 20.9 Å². The standard InChI is InChI=1S/C16H15ClN4O3/c1-4-23-16(22)14-19-13(12-9(3)21-24-15(12)20-14)18-11-7-5-6-10(17)8(11)2/h5-7H,4H2,1-3H3,(H,18,19,20). The number of hydrogen-bond donors (Lipinski definition) is 1. The van der Waals surface area contributed by atoms with Crippen molar-refractivity contribution in [3.8, 4) is 0 Å². The fourth-order valence-electron chi connectivity index (χ4n) is 2.24. The third-order valence-corrected chi connectivity index (χ3v) is 3.89. The fraction of sp³-hybridized carbons (Fsp3) is 0.250. The number of aromatic nitrogens is 3. The Bertz CT molecular complexity index is 923. The van der Waals surface area contributed by atoms with E-state index in [1.807, 2.05) is 19.1 Å². The lowest BCUT2D eigenvalue weighted by atomic mass is 10.2. The number of rotatable bonds is 4. The maximum atomic E-state index is 12.0. The number of ether oxygens (including phenoxy) is 1. The van der Waals surface area contributed by atoms with Gasteiger partial charge in [-0.3, -0.25) is 0 Å². The molecule has 24 heavy (non-hydrogen) atoms. The third-order valence-electron chi connectivity index (χ3n) is 3.49. The summed E-state index contributed by atoms with van der Waals surface area (Å²) in [5.41, 5.74) is 2.45. The van der Waals surface area contributed by atoms with Gasteiger partial charge in [0.25, 0.3) is 5.71 Å². The van der Waals surface area contributed by atoms with Gasteiger partial charge in [-0.25, -0.2) is 9.78 Å². The highest BCUT2D eigenvalue weighted by Crippen LogP contribution is 2.30. The molecule has 0 bridgehead atoms. The number of carbonyl (C=O) groups excluding carboxylic acids is 1. The number of hydrogen-bond acceptors (Lipinski definition) is 7. The number of halogens is 1. The zero-order chi connectivity index (χ0) is 17.3. The average Bonchev–Trinajstić information content (AvgIpc) is 2.93. The smallest absolute Gasteiger partial charge is 0.376 e. The first-order valence-electron chi connectivity index (χ1n) is 7.34. The molecule has 0 amide bonds. The largest absolute Gasteiger partial charge is 0.460 e. The molecule has 0 radical (unpaired) electrons. The van der Waals surface area contributed by atoms with Crippen molar-refractivity contribution in [2.45, 2.75) is 20.8 Å². The Morgan fingerprint density at radius 1 is 1.33 bits per heavy atom. The Morgan fingerprint density at radius 2 is 2.12 bits per heavy atom. The van der Waals surface area contributed by atoms with Gasteiger partial charge in [-0.2, -0.15) is 4.98 Å². The summed E-state index contributed by atoms with van der Waals surface area (Å²) in [6.45, 7) is 5.60. The molecule has 0 fully saturated rings. The van der Waals surface area contributed by atoms with E-state index in [9.17, 15) is 4.79 Å². The summed E-state index contributed by atoms with van der Waals surface area (Å²) in [5.74, 6) is -0.311. The Labute approximate surface area is 143 Å². The first-order chi connectivity index (χ1) is 11.5. The van der Waals surface area contributed by atoms with Crippen LogP contribution in [0.25, 0.3) is 11.1 Å². The van der Waals surface area contributed by atoms with Crippen LogP contribution in [0.2, 0.25) is 5.02 Å². The highest BCUT2D eigenvalue weighted by atomic mass is 35.5. The molecule has 2 aromatic heterocycles. The van der Waals surface area contributed by atoms with E-state index in [-0.39, 0.29) is 18.1 Å². The number of benzene rings is 1. The highest BCUT2D eigenvalue weighted by molar-refractivity contribution is 6.31. The maximum Gasteiger partial charge on any atom is 0.376 e. The van der Waals surface area contributed by atoms with E-state index >= 15 is 0 Å². The van der Waals surface area contributed by atoms with Gasteiger partial charge in [-0.15, -0.1) is 0 Å². The monoisotopic (exact) mass is 346 g/mol. The molecule has 0 spiro atoms. The second-order valence-electron chi connectivity index (χ2n) is 5.10. The van der Waals surface area contributed by atoms with E-state index in [2.05, 4.69) is 20.4 Å². The fourth-order valence-corrected chi connectivity index (χ4v) is 2.41. The predicted molar refractivity (Wildman–Crippen MR) is 89.8 cm³/mol. The van der Waals surface area contributed by atoms with Gasteiger partial charge in [0.2, 0.25) is 5.82 Å². The molecule has 0 saturated heterocycles. The van der Waals surface area contributed by atoms with Gasteiger partial charge in [0.05, 0.1) is 12.3 Å². The molecule has 7 nitrogen and oxygen atoms in total. The number of fused-ring (bicyclic) bond motifs is 1. The predicted octanol–water partition coefficient (Wildman–Crippen LogP) is 3.81. The molecule has 0 aliphatic rings. The van der Waals surface area contributed by atoms with Crippen molar-refractivity contribution in [1.82, 2.24) is 15.1 Å². The summed E-state index contributed by atoms with van der Waals surface area (Å²) in [4.78, 5) is 20.3. The van der Waals surface area contributed by atoms with Crippen molar-refractivity contribution in [2.24, 2.45) is 0 Å². The average molecular weight is 347 g/mol. The molecule has 0 unspecified atom stereocenters. The molecule has 1 aromatic carbocycles. The van der Waals surface area contributed by atoms with Gasteiger partial charge < -0.3 is 14.6 Å². The van der Waals surface area contributed by atoms with Crippen LogP contribution in [0.4, 0.5) is 11.5 Å². The van der Waals surface area contributed by atoms with Crippen LogP contribution in [0.3, 0.4) is 0 Å². The van der Waals surface area contributed by atoms with Crippen LogP contribution < -0.4 is 5.32 Å². The third kappa shape index (κ3) is 2.90. The summed E-state index contributed by atoms with van der Waals surface area (Å²) in [5, 5.41) is 8.29. The second kappa shape index (κ2) is 6.45. The van der Waals surface area contributed by atoms with Gasteiger partial charge in [0.15, 0.2) is 0 Å². The van der Waals surface area contributed by atoms with Crippen molar-refractivity contribution in [3.05, 3.63) is 40.3 Å². The second-order valence-corrected chi connectivity index (χ2v) is 5.51. The zero-order valence-electron chi connectivity index (χ0n) is 13.4. The molecule has 0 saturated carbocycles. The Morgan fingerprint density at radius 3 is 2.88 bits per heavy atom. The van der Waals surface area contributed by atoms with Crippen LogP contribution in [0, 0.1) is 13.8 Å². The zero-order valence-corrected chi connectivity index (χ0v) is 14.1. The lowest BCUT2D eigenvalue weighted by molar-refractivity contribution is 0.0512. The highest BCUT2D eigenvalue weighted by Gasteiger charge is 2.20. The van der Waals surface area contributed by atoms with Crippen LogP contribution >= 0.6 is 11.6 Å². The number of nitrogens with one attached hydrogen (secondary N) is 1. The first kappa shape index (κ1) is 16.2. The Balaban J connectivity index is 2.12. The van der Waals surface area contributed by atoms with Gasteiger partial charge >= 0.3 is 5.97 Å². The van der Waals surface area contributed by atoms with Crippen LogP contribution in [-0.4, -0.2) is 27.7 Å². The topological polar surface area (TPSA) is 90.1 Å². The van der Waals surface area contributed by atoms with Crippen LogP contribution in [0.5, 0.6) is 0 Å². The summed E-state index contributed by atoms with van der Waals surface area (Å²) in [6, 6.07) is 5.48. The molecule has 0 aliphatic carbocycles. The van der Waals surface area contributed by atoms with Gasteiger partial charge in [0, 0.05) is 10.7 Å². The van der Waals surface area contributed by atoms with Crippen LogP contribution in [0.15, 0.2) is 22.7 Å². The van der Waals surface area contributed by atoms with Crippen molar-refractivity contribution in [3.63, 3.8) is 0 Å². The van der Waals surface area contributed by atoms with E-state index in [0.717, 1.165) is 11.3 Å². The van der Waals surface area contributed by atoms with Crippen molar-refractivity contribution in [1.29, 1.82) is 0 Å². The molecular formula is C16H15ClN4O3. The van der Waals surface area contributed by atoms with Gasteiger partial charge in [0.1, 0.15) is 11.2 Å². The van der Waals surface area contributed by atoms with E-state index in [1.54, 1.807) is 19.9 Å². The molecule has 8 heteroatoms.